The molecular formula is C6H16Cl2S. The minimum atomic E-state index is -2.18. The highest BCUT2D eigenvalue weighted by Crippen LogP contribution is 2.77. The molecule has 0 aromatic rings. The molecule has 0 rings (SSSR count). The van der Waals surface area contributed by atoms with Crippen molar-refractivity contribution in [3.8, 4) is 0 Å². The molecule has 0 bridgehead atoms. The van der Waals surface area contributed by atoms with Crippen molar-refractivity contribution >= 4 is 29.0 Å². The zero-order chi connectivity index (χ0) is 7.57. The Kier molecular flexibility index (Phi) is 3.19. The molecule has 0 N–H and O–H groups in total. The average molecular weight is 191 g/mol. The molecule has 0 amide bonds. The van der Waals surface area contributed by atoms with Crippen LogP contribution < -0.4 is 0 Å². The van der Waals surface area contributed by atoms with Gasteiger partial charge in [0.1, 0.15) is 0 Å². The first-order chi connectivity index (χ1) is 3.96. The van der Waals surface area contributed by atoms with E-state index in [0.29, 0.717) is 0 Å². The Morgan fingerprint density at radius 3 is 1.11 bits per heavy atom. The summed E-state index contributed by atoms with van der Waals surface area (Å²) in [5.41, 5.74) is 0. The van der Waals surface area contributed by atoms with Gasteiger partial charge in [0, 0.05) is 0 Å². The summed E-state index contributed by atoms with van der Waals surface area (Å²) in [6.07, 6.45) is 0. The second-order valence-corrected chi connectivity index (χ2v) is 13.0. The number of halogens is 2. The zero-order valence-corrected chi connectivity index (χ0v) is 8.73. The summed E-state index contributed by atoms with van der Waals surface area (Å²) >= 11 is 0. The molecule has 0 aliphatic rings. The van der Waals surface area contributed by atoms with Gasteiger partial charge in [0.15, 0.2) is 0 Å². The molecule has 0 aromatic heterocycles. The van der Waals surface area contributed by atoms with Crippen molar-refractivity contribution in [1.29, 1.82) is 0 Å². The van der Waals surface area contributed by atoms with Crippen LogP contribution in [0.15, 0.2) is 0 Å². The van der Waals surface area contributed by atoms with Crippen LogP contribution in [0.5, 0.6) is 0 Å². The van der Waals surface area contributed by atoms with Gasteiger partial charge < -0.3 is 0 Å². The second-order valence-electron chi connectivity index (χ2n) is 2.40. The molecule has 0 atom stereocenters. The third-order valence-corrected chi connectivity index (χ3v) is 10.5. The van der Waals surface area contributed by atoms with Gasteiger partial charge in [0.05, 0.1) is 0 Å². The zero-order valence-electron chi connectivity index (χ0n) is 6.32. The minimum absolute atomic E-state index is 0.946. The predicted octanol–water partition coefficient (Wildman–Crippen LogP) is 3.43. The molecule has 0 saturated carbocycles. The van der Waals surface area contributed by atoms with Crippen LogP contribution in [0.4, 0.5) is 0 Å². The third kappa shape index (κ3) is 2.57. The van der Waals surface area contributed by atoms with Crippen molar-refractivity contribution in [3.63, 3.8) is 0 Å². The van der Waals surface area contributed by atoms with Crippen molar-refractivity contribution in [2.24, 2.45) is 0 Å². The quantitative estimate of drug-likeness (QED) is 0.649. The highest BCUT2D eigenvalue weighted by Gasteiger charge is 2.29. The fourth-order valence-corrected chi connectivity index (χ4v) is 2.01. The van der Waals surface area contributed by atoms with E-state index in [9.17, 15) is 0 Å². The third-order valence-electron chi connectivity index (χ3n) is 2.06. The van der Waals surface area contributed by atoms with Gasteiger partial charge in [-0.2, -0.15) is 7.59 Å². The highest BCUT2D eigenvalue weighted by atomic mass is 36.0. The Hall–Kier alpha value is 0.930. The van der Waals surface area contributed by atoms with Gasteiger partial charge >= 0.3 is 0 Å². The average Bonchev–Trinajstić information content (AvgIpc) is 1.90. The normalized spacial score (nSPS) is 16.8. The molecule has 0 aromatic carbocycles. The highest BCUT2D eigenvalue weighted by molar-refractivity contribution is 8.79. The Morgan fingerprint density at radius 1 is 0.889 bits per heavy atom. The first-order valence-corrected chi connectivity index (χ1v) is 8.01. The van der Waals surface area contributed by atoms with Crippen molar-refractivity contribution in [2.75, 3.05) is 17.3 Å². The number of hydrogen-bond acceptors (Lipinski definition) is 0. The number of hydrogen-bond donors (Lipinski definition) is 1. The lowest BCUT2D eigenvalue weighted by Gasteiger charge is -2.47. The summed E-state index contributed by atoms with van der Waals surface area (Å²) in [5, 5.41) is 0. The SMILES string of the molecule is CC[SH](Cl)(Cl)(CC)CC. The summed E-state index contributed by atoms with van der Waals surface area (Å²) in [6.45, 7) is 6.22. The van der Waals surface area contributed by atoms with Gasteiger partial charge in [-0.1, -0.05) is 42.1 Å². The second kappa shape index (κ2) is 2.89. The van der Waals surface area contributed by atoms with Crippen LogP contribution >= 0.6 is 29.0 Å². The van der Waals surface area contributed by atoms with Crippen LogP contribution in [0.1, 0.15) is 20.8 Å². The summed E-state index contributed by atoms with van der Waals surface area (Å²) in [5.74, 6) is 2.84. The first-order valence-electron chi connectivity index (χ1n) is 3.41. The lowest BCUT2D eigenvalue weighted by atomic mass is 10.9. The van der Waals surface area contributed by atoms with E-state index in [0.717, 1.165) is 17.3 Å². The smallest absolute Gasteiger partial charge is 0.0171 e. The van der Waals surface area contributed by atoms with Gasteiger partial charge in [0.2, 0.25) is 0 Å². The van der Waals surface area contributed by atoms with Crippen LogP contribution in [-0.2, 0) is 0 Å². The van der Waals surface area contributed by atoms with Crippen molar-refractivity contribution < 1.29 is 0 Å². The van der Waals surface area contributed by atoms with Gasteiger partial charge in [-0.25, -0.2) is 0 Å². The van der Waals surface area contributed by atoms with E-state index in [1.807, 2.05) is 0 Å². The van der Waals surface area contributed by atoms with Crippen LogP contribution in [0.2, 0.25) is 0 Å². The molecule has 0 unspecified atom stereocenters. The molecule has 60 valence electrons. The Labute approximate surface area is 67.2 Å². The van der Waals surface area contributed by atoms with Crippen LogP contribution in [-0.4, -0.2) is 17.3 Å². The van der Waals surface area contributed by atoms with E-state index < -0.39 is 7.59 Å². The molecule has 0 radical (unpaired) electrons. The standard InChI is InChI=1S/C6H16Cl2S/c1-4-9(7,8,5-2)6-3/h9H,4-6H2,1-3H3. The molecule has 0 heterocycles. The van der Waals surface area contributed by atoms with E-state index in [4.69, 9.17) is 21.4 Å². The van der Waals surface area contributed by atoms with Gasteiger partial charge in [0.25, 0.3) is 0 Å². The van der Waals surface area contributed by atoms with E-state index in [2.05, 4.69) is 20.8 Å². The summed E-state index contributed by atoms with van der Waals surface area (Å²) in [4.78, 5) is 0. The first kappa shape index (κ1) is 9.93. The van der Waals surface area contributed by atoms with E-state index >= 15 is 0 Å². The largest absolute Gasteiger partial charge is 0.164 e. The Morgan fingerprint density at radius 2 is 1.11 bits per heavy atom. The molecule has 0 fully saturated rings. The van der Waals surface area contributed by atoms with Crippen molar-refractivity contribution in [1.82, 2.24) is 0 Å². The number of thiol groups is 1. The number of rotatable bonds is 3. The molecule has 3 heteroatoms. The molecule has 0 aliphatic carbocycles. The lowest BCUT2D eigenvalue weighted by molar-refractivity contribution is 1.36. The molecule has 0 saturated heterocycles. The summed E-state index contributed by atoms with van der Waals surface area (Å²) in [6, 6.07) is 0. The van der Waals surface area contributed by atoms with Crippen LogP contribution in [0.3, 0.4) is 0 Å². The molecule has 0 aliphatic heterocycles. The predicted molar refractivity (Wildman–Crippen MR) is 52.3 cm³/mol. The molecule has 9 heavy (non-hydrogen) atoms. The Balaban J connectivity index is 4.20. The van der Waals surface area contributed by atoms with Crippen LogP contribution in [0.25, 0.3) is 0 Å². The van der Waals surface area contributed by atoms with E-state index in [1.54, 1.807) is 0 Å². The van der Waals surface area contributed by atoms with Gasteiger partial charge in [-0.05, 0) is 17.3 Å². The minimum Gasteiger partial charge on any atom is -0.164 e. The van der Waals surface area contributed by atoms with E-state index in [1.165, 1.54) is 0 Å². The molecule has 0 spiro atoms. The molecular weight excluding hydrogens is 175 g/mol. The summed E-state index contributed by atoms with van der Waals surface area (Å²) < 4.78 is 0. The fourth-order valence-electron chi connectivity index (χ4n) is 0.671. The maximum absolute atomic E-state index is 6.24. The fraction of sp³-hybridized carbons (Fsp3) is 1.00. The summed E-state index contributed by atoms with van der Waals surface area (Å²) in [7, 11) is 10.3. The maximum Gasteiger partial charge on any atom is -0.0171 e. The van der Waals surface area contributed by atoms with Crippen LogP contribution in [0, 0.1) is 0 Å². The van der Waals surface area contributed by atoms with E-state index in [-0.39, 0.29) is 0 Å². The Bertz CT molecular complexity index is 82.2. The van der Waals surface area contributed by atoms with Gasteiger partial charge in [-0.3, -0.25) is 0 Å². The lowest BCUT2D eigenvalue weighted by Crippen LogP contribution is -2.11. The monoisotopic (exact) mass is 190 g/mol. The topological polar surface area (TPSA) is 0 Å². The van der Waals surface area contributed by atoms with Crippen molar-refractivity contribution in [3.05, 3.63) is 0 Å². The van der Waals surface area contributed by atoms with Crippen molar-refractivity contribution in [2.45, 2.75) is 20.8 Å². The maximum atomic E-state index is 6.24. The van der Waals surface area contributed by atoms with Gasteiger partial charge in [-0.15, -0.1) is 0 Å². The molecule has 0 nitrogen and oxygen atoms in total.